The Morgan fingerprint density at radius 2 is 1.74 bits per heavy atom. The number of benzene rings is 1. The lowest BCUT2D eigenvalue weighted by molar-refractivity contribution is -0.0458. The van der Waals surface area contributed by atoms with Gasteiger partial charge >= 0.3 is 0 Å². The number of nitriles is 1. The standard InChI is InChI=1S/C35H43N11O4/c1-23(16-44-22-39-42-43-44)50-33-12-25(2-3-26(33)13-36)27-14-37-35(38-15-27)40-32-17-45(41-34(32)49-19-24-10-11-47-18-24)28-4-6-29(7-5-28)46-30-8-9-31(46)21-48-20-30/h2-3,12,14-15,17,22-24,28-31H,4-11,16,18-21H2,1H3,(H,37,38,40)/t23-,24?,28-,29-,30-,31+/m0/s1. The van der Waals surface area contributed by atoms with E-state index in [9.17, 15) is 5.26 Å². The van der Waals surface area contributed by atoms with Gasteiger partial charge in [0.25, 0.3) is 5.88 Å². The third-order valence-electron chi connectivity index (χ3n) is 10.4. The summed E-state index contributed by atoms with van der Waals surface area (Å²) in [5.74, 6) is 1.82. The van der Waals surface area contributed by atoms with Gasteiger partial charge in [0, 0.05) is 48.6 Å². The molecule has 0 amide bonds. The van der Waals surface area contributed by atoms with Crippen LogP contribution in [0.25, 0.3) is 11.1 Å². The van der Waals surface area contributed by atoms with Crippen molar-refractivity contribution < 1.29 is 18.9 Å². The third-order valence-corrected chi connectivity index (χ3v) is 10.4. The van der Waals surface area contributed by atoms with Crippen LogP contribution in [0.5, 0.6) is 11.6 Å². The number of hydrogen-bond donors (Lipinski definition) is 1. The first-order valence-electron chi connectivity index (χ1n) is 17.8. The average Bonchev–Trinajstić information content (AvgIpc) is 3.97. The maximum atomic E-state index is 9.69. The maximum Gasteiger partial charge on any atom is 0.256 e. The summed E-state index contributed by atoms with van der Waals surface area (Å²) in [4.78, 5) is 12.0. The van der Waals surface area contributed by atoms with E-state index >= 15 is 0 Å². The molecular formula is C35H43N11O4. The Labute approximate surface area is 290 Å². The number of tetrazole rings is 1. The molecule has 4 aromatic rings. The summed E-state index contributed by atoms with van der Waals surface area (Å²) in [6.07, 6.45) is 14.8. The molecule has 1 aromatic carbocycles. The Bertz CT molecular complexity index is 1750. The highest BCUT2D eigenvalue weighted by atomic mass is 16.5. The number of fused-ring (bicyclic) bond motifs is 2. The number of anilines is 2. The molecule has 4 fully saturated rings. The van der Waals surface area contributed by atoms with E-state index in [1.807, 2.05) is 25.3 Å². The molecule has 0 spiro atoms. The van der Waals surface area contributed by atoms with Crippen LogP contribution in [-0.2, 0) is 16.0 Å². The number of nitrogens with one attached hydrogen (secondary N) is 1. The molecule has 262 valence electrons. The van der Waals surface area contributed by atoms with Gasteiger partial charge in [-0.25, -0.2) is 14.6 Å². The molecule has 3 aliphatic heterocycles. The van der Waals surface area contributed by atoms with Gasteiger partial charge in [-0.1, -0.05) is 6.07 Å². The molecule has 3 saturated heterocycles. The van der Waals surface area contributed by atoms with Crippen molar-refractivity contribution in [3.63, 3.8) is 0 Å². The van der Waals surface area contributed by atoms with E-state index in [0.29, 0.717) is 73.0 Å². The van der Waals surface area contributed by atoms with E-state index in [1.165, 1.54) is 32.0 Å². The first-order valence-corrected chi connectivity index (χ1v) is 17.8. The highest BCUT2D eigenvalue weighted by Gasteiger charge is 2.42. The van der Waals surface area contributed by atoms with Crippen molar-refractivity contribution in [2.75, 3.05) is 38.4 Å². The molecule has 6 heterocycles. The highest BCUT2D eigenvalue weighted by Crippen LogP contribution is 2.39. The van der Waals surface area contributed by atoms with Crippen LogP contribution in [0.2, 0.25) is 0 Å². The number of nitrogens with zero attached hydrogens (tertiary/aromatic N) is 10. The van der Waals surface area contributed by atoms with Crippen LogP contribution in [0, 0.1) is 17.2 Å². The lowest BCUT2D eigenvalue weighted by Crippen LogP contribution is -2.52. The number of hydrogen-bond acceptors (Lipinski definition) is 13. The molecule has 4 aliphatic rings. The van der Waals surface area contributed by atoms with Crippen molar-refractivity contribution in [1.29, 1.82) is 5.26 Å². The molecule has 15 heteroatoms. The fraction of sp³-hybridized carbons (Fsp3) is 0.571. The van der Waals surface area contributed by atoms with Crippen LogP contribution in [-0.4, -0.2) is 102 Å². The monoisotopic (exact) mass is 681 g/mol. The van der Waals surface area contributed by atoms with Gasteiger partial charge in [-0.15, -0.1) is 10.2 Å². The van der Waals surface area contributed by atoms with Crippen molar-refractivity contribution in [3.8, 4) is 28.8 Å². The van der Waals surface area contributed by atoms with Crippen molar-refractivity contribution in [1.82, 2.24) is 44.9 Å². The summed E-state index contributed by atoms with van der Waals surface area (Å²) in [6.45, 7) is 6.14. The number of ether oxygens (including phenoxy) is 4. The molecule has 1 unspecified atom stereocenters. The predicted molar refractivity (Wildman–Crippen MR) is 181 cm³/mol. The SMILES string of the molecule is C[C@@H](Cn1cnnn1)Oc1cc(-c2cnc(Nc3cn([C@H]4CC[C@H](N5[C@@H]6CC[C@H]5COC6)CC4)nc3OCC3CCOC3)nc2)ccc1C#N. The van der Waals surface area contributed by atoms with Gasteiger partial charge in [-0.3, -0.25) is 9.58 Å². The van der Waals surface area contributed by atoms with Crippen LogP contribution in [0.15, 0.2) is 43.1 Å². The quantitative estimate of drug-likeness (QED) is 0.227. The minimum absolute atomic E-state index is 0.267. The zero-order chi connectivity index (χ0) is 33.9. The summed E-state index contributed by atoms with van der Waals surface area (Å²) in [7, 11) is 0. The van der Waals surface area contributed by atoms with Gasteiger partial charge in [0.2, 0.25) is 5.95 Å². The summed E-state index contributed by atoms with van der Waals surface area (Å²) in [6, 6.07) is 9.77. The van der Waals surface area contributed by atoms with E-state index in [1.54, 1.807) is 23.1 Å². The van der Waals surface area contributed by atoms with E-state index < -0.39 is 0 Å². The van der Waals surface area contributed by atoms with Crippen LogP contribution in [0.4, 0.5) is 11.6 Å². The number of aromatic nitrogens is 8. The molecule has 50 heavy (non-hydrogen) atoms. The second-order valence-corrected chi connectivity index (χ2v) is 13.9. The topological polar surface area (TPSA) is 163 Å². The van der Waals surface area contributed by atoms with Crippen molar-refractivity contribution in [3.05, 3.63) is 48.7 Å². The van der Waals surface area contributed by atoms with Crippen LogP contribution in [0.1, 0.15) is 63.5 Å². The summed E-state index contributed by atoms with van der Waals surface area (Å²) in [5, 5.41) is 29.2. The minimum atomic E-state index is -0.267. The van der Waals surface area contributed by atoms with Gasteiger partial charge < -0.3 is 24.3 Å². The Morgan fingerprint density at radius 3 is 2.46 bits per heavy atom. The Balaban J connectivity index is 0.953. The lowest BCUT2D eigenvalue weighted by Gasteiger charge is -2.43. The fourth-order valence-corrected chi connectivity index (χ4v) is 7.88. The average molecular weight is 682 g/mol. The zero-order valence-corrected chi connectivity index (χ0v) is 28.3. The molecule has 8 rings (SSSR count). The van der Waals surface area contributed by atoms with Crippen LogP contribution >= 0.6 is 0 Å². The van der Waals surface area contributed by atoms with E-state index in [-0.39, 0.29) is 6.10 Å². The first kappa shape index (κ1) is 32.5. The summed E-state index contributed by atoms with van der Waals surface area (Å²) >= 11 is 0. The largest absolute Gasteiger partial charge is 0.487 e. The van der Waals surface area contributed by atoms with E-state index in [4.69, 9.17) is 24.0 Å². The number of morpholine rings is 1. The second-order valence-electron chi connectivity index (χ2n) is 13.9. The van der Waals surface area contributed by atoms with E-state index in [0.717, 1.165) is 55.9 Å². The van der Waals surface area contributed by atoms with Gasteiger partial charge in [0.1, 0.15) is 29.9 Å². The Hall–Kier alpha value is -4.65. The van der Waals surface area contributed by atoms with E-state index in [2.05, 4.69) is 46.5 Å². The minimum Gasteiger partial charge on any atom is -0.487 e. The molecular weight excluding hydrogens is 638 g/mol. The third kappa shape index (κ3) is 7.14. The molecule has 2 bridgehead atoms. The second kappa shape index (κ2) is 14.7. The lowest BCUT2D eigenvalue weighted by atomic mass is 9.89. The molecule has 15 nitrogen and oxygen atoms in total. The fourth-order valence-electron chi connectivity index (χ4n) is 7.88. The maximum absolute atomic E-state index is 9.69. The predicted octanol–water partition coefficient (Wildman–Crippen LogP) is 4.17. The van der Waals surface area contributed by atoms with Gasteiger partial charge in [0.05, 0.1) is 50.8 Å². The number of rotatable bonds is 12. The molecule has 1 aliphatic carbocycles. The molecule has 0 radical (unpaired) electrons. The van der Waals surface area contributed by atoms with Crippen LogP contribution < -0.4 is 14.8 Å². The molecule has 3 aromatic heterocycles. The molecule has 4 atom stereocenters. The normalized spacial score (nSPS) is 25.6. The van der Waals surface area contributed by atoms with Crippen molar-refractivity contribution >= 4 is 11.6 Å². The van der Waals surface area contributed by atoms with Gasteiger partial charge in [-0.2, -0.15) is 5.26 Å². The summed E-state index contributed by atoms with van der Waals surface area (Å²) < 4.78 is 27.5. The smallest absolute Gasteiger partial charge is 0.256 e. The molecule has 1 N–H and O–H groups in total. The zero-order valence-electron chi connectivity index (χ0n) is 28.3. The first-order chi connectivity index (χ1) is 24.6. The summed E-state index contributed by atoms with van der Waals surface area (Å²) in [5.41, 5.74) is 2.80. The Kier molecular flexibility index (Phi) is 9.56. The van der Waals surface area contributed by atoms with Crippen molar-refractivity contribution in [2.45, 2.75) is 88.7 Å². The van der Waals surface area contributed by atoms with Crippen molar-refractivity contribution in [2.24, 2.45) is 5.92 Å². The van der Waals surface area contributed by atoms with Gasteiger partial charge in [-0.05, 0) is 80.0 Å². The van der Waals surface area contributed by atoms with Crippen LogP contribution in [0.3, 0.4) is 0 Å². The molecule has 1 saturated carbocycles. The Morgan fingerprint density at radius 1 is 0.960 bits per heavy atom. The van der Waals surface area contributed by atoms with Gasteiger partial charge in [0.15, 0.2) is 0 Å². The highest BCUT2D eigenvalue weighted by molar-refractivity contribution is 5.67.